The number of aromatic nitrogens is 1. The molecule has 0 saturated carbocycles. The van der Waals surface area contributed by atoms with Gasteiger partial charge in [-0.25, -0.2) is 0 Å². The Morgan fingerprint density at radius 1 is 1.00 bits per heavy atom. The van der Waals surface area contributed by atoms with E-state index in [1.165, 1.54) is 27.8 Å². The van der Waals surface area contributed by atoms with Crippen molar-refractivity contribution in [2.45, 2.75) is 12.5 Å². The van der Waals surface area contributed by atoms with Crippen molar-refractivity contribution in [3.63, 3.8) is 0 Å². The molecule has 1 aliphatic rings. The third-order valence-corrected chi connectivity index (χ3v) is 5.91. The number of nitrogens with one attached hydrogen (secondary N) is 1. The number of hydrogen-bond acceptors (Lipinski definition) is 2. The van der Waals surface area contributed by atoms with E-state index in [0.717, 1.165) is 18.5 Å². The molecule has 1 N–H and O–H groups in total. The van der Waals surface area contributed by atoms with Crippen LogP contribution in [0.3, 0.4) is 0 Å². The molecule has 3 nitrogen and oxygen atoms in total. The summed E-state index contributed by atoms with van der Waals surface area (Å²) in [6.45, 7) is 0.952. The van der Waals surface area contributed by atoms with Crippen LogP contribution in [0.4, 0.5) is 5.69 Å². The summed E-state index contributed by atoms with van der Waals surface area (Å²) in [5.41, 5.74) is 6.20. The van der Waals surface area contributed by atoms with Crippen LogP contribution in [-0.2, 0) is 6.42 Å². The van der Waals surface area contributed by atoms with Crippen LogP contribution in [0.15, 0.2) is 72.8 Å². The first-order valence-electron chi connectivity index (χ1n) is 9.51. The Balaban J connectivity index is 1.71. The predicted molar refractivity (Wildman–Crippen MR) is 116 cm³/mol. The highest BCUT2D eigenvalue weighted by Crippen LogP contribution is 2.42. The lowest BCUT2D eigenvalue weighted by Crippen LogP contribution is -2.36. The van der Waals surface area contributed by atoms with E-state index in [9.17, 15) is 0 Å². The summed E-state index contributed by atoms with van der Waals surface area (Å²) in [4.78, 5) is 6.15. The average Bonchev–Trinajstić information content (AvgIpc) is 3.12. The minimum Gasteiger partial charge on any atom is -0.495 e. The smallest absolute Gasteiger partial charge is 0.137 e. The lowest BCUT2D eigenvalue weighted by atomic mass is 9.91. The van der Waals surface area contributed by atoms with Gasteiger partial charge in [0, 0.05) is 28.8 Å². The van der Waals surface area contributed by atoms with Crippen LogP contribution in [0.1, 0.15) is 22.9 Å². The molecule has 0 fully saturated rings. The van der Waals surface area contributed by atoms with Crippen LogP contribution in [-0.4, -0.2) is 18.6 Å². The minimum atomic E-state index is 0.0713. The van der Waals surface area contributed by atoms with Crippen molar-refractivity contribution in [2.24, 2.45) is 0 Å². The van der Waals surface area contributed by atoms with Crippen molar-refractivity contribution in [2.75, 3.05) is 18.6 Å². The second-order valence-electron chi connectivity index (χ2n) is 7.14. The normalized spacial score (nSPS) is 16.2. The molecule has 5 rings (SSSR count). The molecule has 2 heterocycles. The largest absolute Gasteiger partial charge is 0.495 e. The number of rotatable bonds is 3. The summed E-state index contributed by atoms with van der Waals surface area (Å²) >= 11 is 6.49. The highest BCUT2D eigenvalue weighted by atomic mass is 35.5. The van der Waals surface area contributed by atoms with Crippen molar-refractivity contribution in [1.29, 1.82) is 0 Å². The standard InChI is InChI=1S/C24H21ClN2O/c1-28-22-12-11-16(15-20(22)25)24-23-19(18-9-5-6-10-21(18)26-23)13-14-27(24)17-7-3-2-4-8-17/h2-12,15,24,26H,13-14H2,1H3. The number of hydrogen-bond donors (Lipinski definition) is 1. The van der Waals surface area contributed by atoms with Gasteiger partial charge in [0.05, 0.1) is 18.2 Å². The summed E-state index contributed by atoms with van der Waals surface area (Å²) in [7, 11) is 1.65. The zero-order valence-electron chi connectivity index (χ0n) is 15.7. The first-order chi connectivity index (χ1) is 13.8. The molecular weight excluding hydrogens is 368 g/mol. The van der Waals surface area contributed by atoms with Gasteiger partial charge in [-0.15, -0.1) is 0 Å². The van der Waals surface area contributed by atoms with Crippen molar-refractivity contribution < 1.29 is 4.74 Å². The Labute approximate surface area is 169 Å². The Bertz CT molecular complexity index is 1140. The fourth-order valence-electron chi connectivity index (χ4n) is 4.34. The van der Waals surface area contributed by atoms with Gasteiger partial charge in [0.2, 0.25) is 0 Å². The van der Waals surface area contributed by atoms with E-state index >= 15 is 0 Å². The van der Waals surface area contributed by atoms with Crippen molar-refractivity contribution in [3.05, 3.63) is 94.6 Å². The van der Waals surface area contributed by atoms with Gasteiger partial charge in [0.15, 0.2) is 0 Å². The van der Waals surface area contributed by atoms with Crippen LogP contribution >= 0.6 is 11.6 Å². The molecule has 4 aromatic rings. The van der Waals surface area contributed by atoms with Gasteiger partial charge in [-0.3, -0.25) is 0 Å². The number of methoxy groups -OCH3 is 1. The van der Waals surface area contributed by atoms with Gasteiger partial charge in [0.25, 0.3) is 0 Å². The number of anilines is 1. The Hall–Kier alpha value is -2.91. The molecule has 3 aromatic carbocycles. The van der Waals surface area contributed by atoms with Gasteiger partial charge in [-0.1, -0.05) is 54.1 Å². The molecule has 1 aliphatic heterocycles. The summed E-state index contributed by atoms with van der Waals surface area (Å²) < 4.78 is 5.36. The number of fused-ring (bicyclic) bond motifs is 3. The molecule has 140 valence electrons. The Kier molecular flexibility index (Phi) is 4.25. The molecular formula is C24H21ClN2O. The molecule has 0 saturated heterocycles. The minimum absolute atomic E-state index is 0.0713. The maximum absolute atomic E-state index is 6.49. The molecule has 1 aromatic heterocycles. The Morgan fingerprint density at radius 2 is 1.79 bits per heavy atom. The molecule has 0 spiro atoms. The number of para-hydroxylation sites is 2. The van der Waals surface area contributed by atoms with Crippen LogP contribution < -0.4 is 9.64 Å². The van der Waals surface area contributed by atoms with Gasteiger partial charge in [0.1, 0.15) is 5.75 Å². The second kappa shape index (κ2) is 6.92. The van der Waals surface area contributed by atoms with E-state index in [2.05, 4.69) is 70.5 Å². The van der Waals surface area contributed by atoms with Crippen LogP contribution in [0.25, 0.3) is 10.9 Å². The van der Waals surface area contributed by atoms with Gasteiger partial charge >= 0.3 is 0 Å². The molecule has 0 amide bonds. The highest BCUT2D eigenvalue weighted by Gasteiger charge is 2.32. The second-order valence-corrected chi connectivity index (χ2v) is 7.55. The van der Waals surface area contributed by atoms with E-state index in [0.29, 0.717) is 10.8 Å². The van der Waals surface area contributed by atoms with Gasteiger partial charge < -0.3 is 14.6 Å². The summed E-state index contributed by atoms with van der Waals surface area (Å²) in [5, 5.41) is 1.95. The lowest BCUT2D eigenvalue weighted by molar-refractivity contribution is 0.414. The number of benzene rings is 3. The third-order valence-electron chi connectivity index (χ3n) is 5.61. The Morgan fingerprint density at radius 3 is 2.57 bits per heavy atom. The highest BCUT2D eigenvalue weighted by molar-refractivity contribution is 6.32. The molecule has 1 unspecified atom stereocenters. The van der Waals surface area contributed by atoms with E-state index in [1.54, 1.807) is 7.11 Å². The monoisotopic (exact) mass is 388 g/mol. The molecule has 0 radical (unpaired) electrons. The SMILES string of the molecule is COc1ccc(C2c3[nH]c4ccccc4c3CCN2c2ccccc2)cc1Cl. The van der Waals surface area contributed by atoms with E-state index in [4.69, 9.17) is 16.3 Å². The number of H-pyrrole nitrogens is 1. The predicted octanol–water partition coefficient (Wildman–Crippen LogP) is 5.98. The first kappa shape index (κ1) is 17.2. The quantitative estimate of drug-likeness (QED) is 0.467. The fraction of sp³-hybridized carbons (Fsp3) is 0.167. The maximum Gasteiger partial charge on any atom is 0.137 e. The number of aromatic amines is 1. The number of halogens is 1. The van der Waals surface area contributed by atoms with Crippen molar-refractivity contribution >= 4 is 28.2 Å². The summed E-state index contributed by atoms with van der Waals surface area (Å²) in [5.74, 6) is 0.698. The average molecular weight is 389 g/mol. The topological polar surface area (TPSA) is 28.3 Å². The zero-order valence-corrected chi connectivity index (χ0v) is 16.4. The zero-order chi connectivity index (χ0) is 19.1. The molecule has 28 heavy (non-hydrogen) atoms. The van der Waals surface area contributed by atoms with E-state index in [-0.39, 0.29) is 6.04 Å². The first-order valence-corrected chi connectivity index (χ1v) is 9.88. The van der Waals surface area contributed by atoms with Crippen LogP contribution in [0.2, 0.25) is 5.02 Å². The molecule has 0 aliphatic carbocycles. The summed E-state index contributed by atoms with van der Waals surface area (Å²) in [6.07, 6.45) is 1.01. The molecule has 4 heteroatoms. The van der Waals surface area contributed by atoms with Crippen molar-refractivity contribution in [3.8, 4) is 5.75 Å². The number of nitrogens with zero attached hydrogens (tertiary/aromatic N) is 1. The van der Waals surface area contributed by atoms with E-state index < -0.39 is 0 Å². The van der Waals surface area contributed by atoms with Gasteiger partial charge in [-0.05, 0) is 47.9 Å². The fourth-order valence-corrected chi connectivity index (χ4v) is 4.60. The molecule has 1 atom stereocenters. The van der Waals surface area contributed by atoms with E-state index in [1.807, 2.05) is 12.1 Å². The van der Waals surface area contributed by atoms with Crippen LogP contribution in [0, 0.1) is 0 Å². The lowest BCUT2D eigenvalue weighted by Gasteiger charge is -2.38. The molecule has 0 bridgehead atoms. The van der Waals surface area contributed by atoms with Gasteiger partial charge in [-0.2, -0.15) is 0 Å². The maximum atomic E-state index is 6.49. The number of ether oxygens (including phenoxy) is 1. The van der Waals surface area contributed by atoms with Crippen LogP contribution in [0.5, 0.6) is 5.75 Å². The third kappa shape index (κ3) is 2.74. The van der Waals surface area contributed by atoms with Crippen molar-refractivity contribution in [1.82, 2.24) is 4.98 Å². The summed E-state index contributed by atoms with van der Waals surface area (Å²) in [6, 6.07) is 25.3.